The van der Waals surface area contributed by atoms with Gasteiger partial charge in [0.25, 0.3) is 5.91 Å². The van der Waals surface area contributed by atoms with Gasteiger partial charge >= 0.3 is 0 Å². The SMILES string of the molecule is Cc1nc(CNC(=O)C2OCC(=O)N(C(C)C)C2c2ccccc2)no1. The quantitative estimate of drug-likeness (QED) is 0.867. The Morgan fingerprint density at radius 3 is 2.69 bits per heavy atom. The highest BCUT2D eigenvalue weighted by Gasteiger charge is 2.42. The maximum atomic E-state index is 12.8. The monoisotopic (exact) mass is 358 g/mol. The van der Waals surface area contributed by atoms with Crippen LogP contribution < -0.4 is 5.32 Å². The Labute approximate surface area is 151 Å². The topological polar surface area (TPSA) is 97.6 Å². The lowest BCUT2D eigenvalue weighted by molar-refractivity contribution is -0.167. The molecule has 3 rings (SSSR count). The van der Waals surface area contributed by atoms with Crippen LogP contribution in [-0.4, -0.2) is 45.6 Å². The fraction of sp³-hybridized carbons (Fsp3) is 0.444. The van der Waals surface area contributed by atoms with E-state index in [0.29, 0.717) is 11.7 Å². The Balaban J connectivity index is 1.82. The molecule has 2 aromatic rings. The van der Waals surface area contributed by atoms with Crippen LogP contribution in [0.5, 0.6) is 0 Å². The summed E-state index contributed by atoms with van der Waals surface area (Å²) in [6.45, 7) is 5.54. The molecular weight excluding hydrogens is 336 g/mol. The molecule has 0 spiro atoms. The van der Waals surface area contributed by atoms with Crippen molar-refractivity contribution >= 4 is 11.8 Å². The second kappa shape index (κ2) is 7.65. The van der Waals surface area contributed by atoms with Gasteiger partial charge in [0.2, 0.25) is 11.8 Å². The van der Waals surface area contributed by atoms with Gasteiger partial charge in [-0.15, -0.1) is 0 Å². The number of nitrogens with zero attached hydrogens (tertiary/aromatic N) is 3. The molecule has 1 fully saturated rings. The predicted molar refractivity (Wildman–Crippen MR) is 91.8 cm³/mol. The molecule has 138 valence electrons. The van der Waals surface area contributed by atoms with Gasteiger partial charge in [0, 0.05) is 13.0 Å². The van der Waals surface area contributed by atoms with Gasteiger partial charge in [-0.05, 0) is 19.4 Å². The number of carbonyl (C=O) groups excluding carboxylic acids is 2. The number of hydrogen-bond acceptors (Lipinski definition) is 6. The average molecular weight is 358 g/mol. The highest BCUT2D eigenvalue weighted by atomic mass is 16.5. The summed E-state index contributed by atoms with van der Waals surface area (Å²) in [4.78, 5) is 31.0. The van der Waals surface area contributed by atoms with Crippen LogP contribution in [0, 0.1) is 6.92 Å². The molecule has 1 saturated heterocycles. The van der Waals surface area contributed by atoms with Gasteiger partial charge in [-0.25, -0.2) is 0 Å². The Kier molecular flexibility index (Phi) is 5.32. The zero-order valence-electron chi connectivity index (χ0n) is 15.0. The first kappa shape index (κ1) is 18.1. The first-order chi connectivity index (χ1) is 12.5. The fourth-order valence-corrected chi connectivity index (χ4v) is 3.12. The molecule has 1 aliphatic rings. The van der Waals surface area contributed by atoms with Gasteiger partial charge in [0.1, 0.15) is 6.61 Å². The van der Waals surface area contributed by atoms with Crippen molar-refractivity contribution in [2.45, 2.75) is 45.5 Å². The van der Waals surface area contributed by atoms with Gasteiger partial charge < -0.3 is 19.5 Å². The zero-order valence-corrected chi connectivity index (χ0v) is 15.0. The minimum absolute atomic E-state index is 0.0632. The smallest absolute Gasteiger partial charge is 0.252 e. The number of aromatic nitrogens is 2. The minimum Gasteiger partial charge on any atom is -0.356 e. The highest BCUT2D eigenvalue weighted by Crippen LogP contribution is 2.32. The van der Waals surface area contributed by atoms with Crippen LogP contribution in [0.2, 0.25) is 0 Å². The number of rotatable bonds is 5. The molecule has 1 aromatic carbocycles. The van der Waals surface area contributed by atoms with E-state index in [2.05, 4.69) is 15.5 Å². The maximum Gasteiger partial charge on any atom is 0.252 e. The first-order valence-corrected chi connectivity index (χ1v) is 8.52. The minimum atomic E-state index is -0.814. The Morgan fingerprint density at radius 1 is 1.35 bits per heavy atom. The third-order valence-electron chi connectivity index (χ3n) is 4.21. The number of benzene rings is 1. The molecule has 1 N–H and O–H groups in total. The molecule has 2 heterocycles. The van der Waals surface area contributed by atoms with E-state index in [0.717, 1.165) is 5.56 Å². The first-order valence-electron chi connectivity index (χ1n) is 8.52. The van der Waals surface area contributed by atoms with Gasteiger partial charge in [-0.2, -0.15) is 4.98 Å². The zero-order chi connectivity index (χ0) is 18.7. The molecule has 2 atom stereocenters. The maximum absolute atomic E-state index is 12.8. The standard InChI is InChI=1S/C18H22N4O4/c1-11(2)22-15(23)10-25-17(16(22)13-7-5-4-6-8-13)18(24)19-9-14-20-12(3)26-21-14/h4-8,11,16-17H,9-10H2,1-3H3,(H,19,24). The van der Waals surface area contributed by atoms with Crippen molar-refractivity contribution in [3.63, 3.8) is 0 Å². The van der Waals surface area contributed by atoms with Crippen molar-refractivity contribution in [1.82, 2.24) is 20.4 Å². The summed E-state index contributed by atoms with van der Waals surface area (Å²) in [7, 11) is 0. The molecule has 1 aromatic heterocycles. The van der Waals surface area contributed by atoms with Crippen molar-refractivity contribution in [2.75, 3.05) is 6.61 Å². The lowest BCUT2D eigenvalue weighted by Crippen LogP contribution is -2.56. The van der Waals surface area contributed by atoms with Crippen molar-refractivity contribution in [3.05, 3.63) is 47.6 Å². The Morgan fingerprint density at radius 2 is 2.08 bits per heavy atom. The summed E-state index contributed by atoms with van der Waals surface area (Å²) in [5, 5.41) is 6.53. The summed E-state index contributed by atoms with van der Waals surface area (Å²) in [6.07, 6.45) is -0.814. The number of carbonyl (C=O) groups is 2. The summed E-state index contributed by atoms with van der Waals surface area (Å²) in [6, 6.07) is 8.88. The number of aryl methyl sites for hydroxylation is 1. The summed E-state index contributed by atoms with van der Waals surface area (Å²) in [5.41, 5.74) is 0.852. The molecule has 0 saturated carbocycles. The predicted octanol–water partition coefficient (Wildman–Crippen LogP) is 1.37. The van der Waals surface area contributed by atoms with Crippen LogP contribution in [-0.2, 0) is 20.9 Å². The summed E-state index contributed by atoms with van der Waals surface area (Å²) >= 11 is 0. The number of hydrogen-bond donors (Lipinski definition) is 1. The molecule has 0 radical (unpaired) electrons. The number of nitrogens with one attached hydrogen (secondary N) is 1. The van der Waals surface area contributed by atoms with Gasteiger partial charge in [0.05, 0.1) is 12.6 Å². The largest absolute Gasteiger partial charge is 0.356 e. The third kappa shape index (κ3) is 3.75. The van der Waals surface area contributed by atoms with Crippen LogP contribution in [0.3, 0.4) is 0 Å². The third-order valence-corrected chi connectivity index (χ3v) is 4.21. The van der Waals surface area contributed by atoms with E-state index in [9.17, 15) is 9.59 Å². The van der Waals surface area contributed by atoms with Crippen LogP contribution in [0.4, 0.5) is 0 Å². The normalized spacial score (nSPS) is 20.5. The molecule has 26 heavy (non-hydrogen) atoms. The van der Waals surface area contributed by atoms with E-state index in [1.165, 1.54) is 0 Å². The van der Waals surface area contributed by atoms with E-state index in [-0.39, 0.29) is 31.0 Å². The highest BCUT2D eigenvalue weighted by molar-refractivity contribution is 5.86. The lowest BCUT2D eigenvalue weighted by Gasteiger charge is -2.42. The van der Waals surface area contributed by atoms with E-state index in [4.69, 9.17) is 9.26 Å². The molecule has 2 amide bonds. The second-order valence-corrected chi connectivity index (χ2v) is 6.43. The van der Waals surface area contributed by atoms with E-state index < -0.39 is 12.1 Å². The van der Waals surface area contributed by atoms with Gasteiger partial charge in [-0.1, -0.05) is 35.5 Å². The van der Waals surface area contributed by atoms with Gasteiger partial charge in [0.15, 0.2) is 11.9 Å². The number of ether oxygens (including phenoxy) is 1. The fourth-order valence-electron chi connectivity index (χ4n) is 3.12. The second-order valence-electron chi connectivity index (χ2n) is 6.43. The van der Waals surface area contributed by atoms with Crippen molar-refractivity contribution in [1.29, 1.82) is 0 Å². The van der Waals surface area contributed by atoms with Crippen LogP contribution in [0.15, 0.2) is 34.9 Å². The van der Waals surface area contributed by atoms with E-state index >= 15 is 0 Å². The van der Waals surface area contributed by atoms with E-state index in [1.807, 2.05) is 44.2 Å². The molecule has 0 bridgehead atoms. The average Bonchev–Trinajstić information content (AvgIpc) is 3.05. The molecule has 0 aliphatic carbocycles. The lowest BCUT2D eigenvalue weighted by atomic mass is 9.96. The Hall–Kier alpha value is -2.74. The summed E-state index contributed by atoms with van der Waals surface area (Å²) in [5.74, 6) is 0.368. The summed E-state index contributed by atoms with van der Waals surface area (Å²) < 4.78 is 10.5. The van der Waals surface area contributed by atoms with Crippen LogP contribution in [0.1, 0.15) is 37.2 Å². The van der Waals surface area contributed by atoms with Crippen molar-refractivity contribution < 1.29 is 18.8 Å². The van der Waals surface area contributed by atoms with Crippen LogP contribution in [0.25, 0.3) is 0 Å². The number of amides is 2. The molecule has 8 nitrogen and oxygen atoms in total. The van der Waals surface area contributed by atoms with Crippen LogP contribution >= 0.6 is 0 Å². The molecule has 2 unspecified atom stereocenters. The van der Waals surface area contributed by atoms with Gasteiger partial charge in [-0.3, -0.25) is 9.59 Å². The molecule has 8 heteroatoms. The van der Waals surface area contributed by atoms with Crippen molar-refractivity contribution in [3.8, 4) is 0 Å². The molecule has 1 aliphatic heterocycles. The number of morpholine rings is 1. The Bertz CT molecular complexity index is 775. The van der Waals surface area contributed by atoms with Crippen molar-refractivity contribution in [2.24, 2.45) is 0 Å². The van der Waals surface area contributed by atoms with E-state index in [1.54, 1.807) is 11.8 Å². The molecular formula is C18H22N4O4.